The Morgan fingerprint density at radius 1 is 0.800 bits per heavy atom. The Morgan fingerprint density at radius 2 is 1.33 bits per heavy atom. The molecule has 92 valence electrons. The lowest BCUT2D eigenvalue weighted by molar-refractivity contribution is 0.586. The lowest BCUT2D eigenvalue weighted by atomic mass is 10.1. The van der Waals surface area contributed by atoms with Crippen molar-refractivity contribution in [3.8, 4) is 0 Å². The molecule has 0 N–H and O–H groups in total. The third-order valence-electron chi connectivity index (χ3n) is 2.59. The third-order valence-corrected chi connectivity index (χ3v) is 4.07. The maximum absolute atomic E-state index is 2.31. The van der Waals surface area contributed by atoms with Crippen LogP contribution < -0.4 is 0 Å². The van der Waals surface area contributed by atoms with Crippen LogP contribution in [0.15, 0.2) is 0 Å². The average Bonchev–Trinajstić information content (AvgIpc) is 2.20. The van der Waals surface area contributed by atoms with Gasteiger partial charge in [0.15, 0.2) is 0 Å². The number of thioether (sulfide) groups is 1. The van der Waals surface area contributed by atoms with Crippen molar-refractivity contribution in [3.05, 3.63) is 0 Å². The molecule has 0 bridgehead atoms. The van der Waals surface area contributed by atoms with Crippen LogP contribution in [-0.2, 0) is 0 Å². The molecular weight excluding hydrogens is 200 g/mol. The third kappa shape index (κ3) is 14.4. The van der Waals surface area contributed by atoms with Crippen LogP contribution in [0.1, 0.15) is 72.1 Å². The van der Waals surface area contributed by atoms with Gasteiger partial charge in [-0.3, -0.25) is 0 Å². The minimum absolute atomic E-state index is 0.865. The monoisotopic (exact) mass is 230 g/mol. The van der Waals surface area contributed by atoms with Crippen molar-refractivity contribution >= 4 is 11.8 Å². The van der Waals surface area contributed by atoms with Gasteiger partial charge in [0.25, 0.3) is 0 Å². The van der Waals surface area contributed by atoms with E-state index in [0.29, 0.717) is 0 Å². The second kappa shape index (κ2) is 12.4. The van der Waals surface area contributed by atoms with Gasteiger partial charge < -0.3 is 0 Å². The first kappa shape index (κ1) is 15.3. The minimum atomic E-state index is 0.865. The molecule has 0 radical (unpaired) electrons. The first-order valence-electron chi connectivity index (χ1n) is 6.85. The van der Waals surface area contributed by atoms with Crippen molar-refractivity contribution in [2.75, 3.05) is 11.5 Å². The van der Waals surface area contributed by atoms with E-state index in [1.54, 1.807) is 0 Å². The van der Waals surface area contributed by atoms with E-state index < -0.39 is 0 Å². The van der Waals surface area contributed by atoms with Gasteiger partial charge in [0, 0.05) is 0 Å². The van der Waals surface area contributed by atoms with E-state index in [9.17, 15) is 0 Å². The first-order valence-corrected chi connectivity index (χ1v) is 8.00. The molecule has 0 aliphatic heterocycles. The highest BCUT2D eigenvalue weighted by Gasteiger charge is 1.95. The van der Waals surface area contributed by atoms with Gasteiger partial charge in [0.1, 0.15) is 0 Å². The second-order valence-electron chi connectivity index (χ2n) is 4.94. The van der Waals surface area contributed by atoms with E-state index in [0.717, 1.165) is 5.92 Å². The minimum Gasteiger partial charge on any atom is -0.162 e. The first-order chi connectivity index (χ1) is 7.27. The largest absolute Gasteiger partial charge is 0.162 e. The summed E-state index contributed by atoms with van der Waals surface area (Å²) in [5.41, 5.74) is 0. The van der Waals surface area contributed by atoms with E-state index in [1.165, 1.54) is 62.9 Å². The molecule has 0 unspecified atom stereocenters. The fraction of sp³-hybridized carbons (Fsp3) is 1.00. The summed E-state index contributed by atoms with van der Waals surface area (Å²) < 4.78 is 0. The van der Waals surface area contributed by atoms with Gasteiger partial charge in [-0.2, -0.15) is 11.8 Å². The Morgan fingerprint density at radius 3 is 1.87 bits per heavy atom. The van der Waals surface area contributed by atoms with Crippen LogP contribution in [0.2, 0.25) is 0 Å². The van der Waals surface area contributed by atoms with Crippen LogP contribution in [-0.4, -0.2) is 11.5 Å². The van der Waals surface area contributed by atoms with Gasteiger partial charge in [0.2, 0.25) is 0 Å². The molecule has 0 rings (SSSR count). The summed E-state index contributed by atoms with van der Waals surface area (Å²) in [4.78, 5) is 0. The van der Waals surface area contributed by atoms with Crippen LogP contribution in [0.3, 0.4) is 0 Å². The van der Waals surface area contributed by atoms with E-state index >= 15 is 0 Å². The van der Waals surface area contributed by atoms with Gasteiger partial charge >= 0.3 is 0 Å². The lowest BCUT2D eigenvalue weighted by Gasteiger charge is -2.04. The molecule has 0 nitrogen and oxygen atoms in total. The number of hydrogen-bond donors (Lipinski definition) is 0. The lowest BCUT2D eigenvalue weighted by Crippen LogP contribution is -1.92. The highest BCUT2D eigenvalue weighted by atomic mass is 32.2. The van der Waals surface area contributed by atoms with E-state index in [4.69, 9.17) is 0 Å². The second-order valence-corrected chi connectivity index (χ2v) is 6.09. The fourth-order valence-corrected chi connectivity index (χ4v) is 2.70. The molecule has 15 heavy (non-hydrogen) atoms. The van der Waals surface area contributed by atoms with Crippen molar-refractivity contribution in [1.82, 2.24) is 0 Å². The Bertz CT molecular complexity index is 110. The van der Waals surface area contributed by atoms with Gasteiger partial charge in [-0.25, -0.2) is 0 Å². The zero-order valence-electron chi connectivity index (χ0n) is 11.1. The van der Waals surface area contributed by atoms with Gasteiger partial charge in [-0.05, 0) is 23.8 Å². The number of unbranched alkanes of at least 4 members (excludes halogenated alkanes) is 7. The molecular formula is C14H30S. The molecule has 0 saturated heterocycles. The van der Waals surface area contributed by atoms with Crippen molar-refractivity contribution in [2.45, 2.75) is 72.1 Å². The molecule has 0 atom stereocenters. The van der Waals surface area contributed by atoms with Gasteiger partial charge in [-0.1, -0.05) is 65.7 Å². The van der Waals surface area contributed by atoms with Crippen molar-refractivity contribution in [1.29, 1.82) is 0 Å². The Hall–Kier alpha value is 0.350. The average molecular weight is 230 g/mol. The maximum atomic E-state index is 2.31. The summed E-state index contributed by atoms with van der Waals surface area (Å²) in [5, 5.41) is 0. The predicted octanol–water partition coefficient (Wildman–Crippen LogP) is 5.52. The molecule has 0 aromatic rings. The molecule has 0 heterocycles. The summed E-state index contributed by atoms with van der Waals surface area (Å²) >= 11 is 2.13. The van der Waals surface area contributed by atoms with Crippen molar-refractivity contribution in [3.63, 3.8) is 0 Å². The van der Waals surface area contributed by atoms with Crippen LogP contribution in [0.4, 0.5) is 0 Å². The van der Waals surface area contributed by atoms with E-state index in [-0.39, 0.29) is 0 Å². The summed E-state index contributed by atoms with van der Waals surface area (Å²) in [6.07, 6.45) is 11.5. The predicted molar refractivity (Wildman–Crippen MR) is 74.8 cm³/mol. The highest BCUT2D eigenvalue weighted by Crippen LogP contribution is 2.13. The van der Waals surface area contributed by atoms with E-state index in [1.807, 2.05) is 0 Å². The number of rotatable bonds is 11. The molecule has 0 spiro atoms. The SMILES string of the molecule is CCCCCCCCCCSCC(C)C. The number of hydrogen-bond acceptors (Lipinski definition) is 1. The molecule has 0 aliphatic carbocycles. The molecule has 0 aromatic carbocycles. The molecule has 1 heteroatoms. The molecule has 0 fully saturated rings. The quantitative estimate of drug-likeness (QED) is 0.421. The molecule has 0 saturated carbocycles. The summed E-state index contributed by atoms with van der Waals surface area (Å²) in [5.74, 6) is 3.59. The van der Waals surface area contributed by atoms with Crippen molar-refractivity contribution < 1.29 is 0 Å². The molecule has 0 amide bonds. The standard InChI is InChI=1S/C14H30S/c1-4-5-6-7-8-9-10-11-12-15-13-14(2)3/h14H,4-13H2,1-3H3. The molecule has 0 aromatic heterocycles. The van der Waals surface area contributed by atoms with E-state index in [2.05, 4.69) is 32.5 Å². The normalized spacial score (nSPS) is 11.2. The van der Waals surface area contributed by atoms with Gasteiger partial charge in [-0.15, -0.1) is 0 Å². The Balaban J connectivity index is 2.87. The topological polar surface area (TPSA) is 0 Å². The Kier molecular flexibility index (Phi) is 12.7. The van der Waals surface area contributed by atoms with Gasteiger partial charge in [0.05, 0.1) is 0 Å². The summed E-state index contributed by atoms with van der Waals surface area (Å²) in [7, 11) is 0. The van der Waals surface area contributed by atoms with Crippen LogP contribution in [0.25, 0.3) is 0 Å². The van der Waals surface area contributed by atoms with Crippen LogP contribution in [0.5, 0.6) is 0 Å². The summed E-state index contributed by atoms with van der Waals surface area (Å²) in [6.45, 7) is 6.90. The van der Waals surface area contributed by atoms with Crippen molar-refractivity contribution in [2.24, 2.45) is 5.92 Å². The molecule has 0 aliphatic rings. The zero-order valence-corrected chi connectivity index (χ0v) is 11.9. The van der Waals surface area contributed by atoms with Crippen LogP contribution in [0, 0.1) is 5.92 Å². The Labute approximate surface area is 102 Å². The smallest absolute Gasteiger partial charge is 0.00444 e. The zero-order chi connectivity index (χ0) is 11.4. The fourth-order valence-electron chi connectivity index (χ4n) is 1.66. The maximum Gasteiger partial charge on any atom is -0.00444 e. The summed E-state index contributed by atoms with van der Waals surface area (Å²) in [6, 6.07) is 0. The van der Waals surface area contributed by atoms with Crippen LogP contribution >= 0.6 is 11.8 Å². The highest BCUT2D eigenvalue weighted by molar-refractivity contribution is 7.99.